The normalized spacial score (nSPS) is 19.3. The Bertz CT molecular complexity index is 620. The lowest BCUT2D eigenvalue weighted by Crippen LogP contribution is -2.49. The Labute approximate surface area is 179 Å². The van der Waals surface area contributed by atoms with Gasteiger partial charge >= 0.3 is 0 Å². The van der Waals surface area contributed by atoms with Gasteiger partial charge in [-0.25, -0.2) is 4.98 Å². The molecule has 0 atom stereocenters. The van der Waals surface area contributed by atoms with Gasteiger partial charge < -0.3 is 25.2 Å². The molecule has 2 aliphatic rings. The van der Waals surface area contributed by atoms with Gasteiger partial charge in [-0.15, -0.1) is 11.3 Å². The zero-order valence-corrected chi connectivity index (χ0v) is 19.1. The number of rotatable bonds is 9. The number of aliphatic imine (C=N–C) groups is 1. The summed E-state index contributed by atoms with van der Waals surface area (Å²) in [6.07, 6.45) is 6.13. The fraction of sp³-hybridized carbons (Fsp3) is 0.810. The number of thiazole rings is 1. The third kappa shape index (κ3) is 7.42. The van der Waals surface area contributed by atoms with Gasteiger partial charge in [0.05, 0.1) is 18.4 Å². The molecule has 2 saturated heterocycles. The van der Waals surface area contributed by atoms with E-state index >= 15 is 0 Å². The molecule has 0 unspecified atom stereocenters. The Morgan fingerprint density at radius 3 is 2.72 bits per heavy atom. The summed E-state index contributed by atoms with van der Waals surface area (Å²) in [5.41, 5.74) is 1.18. The average molecular weight is 423 g/mol. The summed E-state index contributed by atoms with van der Waals surface area (Å²) in [5, 5.41) is 10.4. The molecule has 0 aromatic carbocycles. The number of likely N-dealkylation sites (tertiary alicyclic amines) is 1. The standard InChI is InChI=1S/C21H38N6OS/c1-17(2)28-15-14-26-12-7-18(8-13-26)24-20(22-3)23-9-6-19-16-29-21(25-19)27-10-4-5-11-27/h16-18H,4-15H2,1-3H3,(H2,22,23,24). The molecule has 0 saturated carbocycles. The van der Waals surface area contributed by atoms with Crippen LogP contribution in [0, 0.1) is 0 Å². The molecule has 0 amide bonds. The number of nitrogens with one attached hydrogen (secondary N) is 2. The molecule has 3 heterocycles. The second-order valence-corrected chi connectivity index (χ2v) is 9.08. The number of anilines is 1. The van der Waals surface area contributed by atoms with E-state index in [1.165, 1.54) is 23.7 Å². The quantitative estimate of drug-likeness (QED) is 0.470. The first kappa shape index (κ1) is 22.3. The van der Waals surface area contributed by atoms with E-state index in [0.29, 0.717) is 12.1 Å². The van der Waals surface area contributed by atoms with Crippen molar-refractivity contribution in [1.82, 2.24) is 20.5 Å². The SMILES string of the molecule is CN=C(NCCc1csc(N2CCCC2)n1)NC1CCN(CCOC(C)C)CC1. The van der Waals surface area contributed by atoms with Gasteiger partial charge in [0, 0.05) is 64.2 Å². The van der Waals surface area contributed by atoms with E-state index in [1.54, 1.807) is 11.3 Å². The maximum atomic E-state index is 5.67. The number of aromatic nitrogens is 1. The fourth-order valence-corrected chi connectivity index (χ4v) is 4.79. The van der Waals surface area contributed by atoms with Crippen LogP contribution < -0.4 is 15.5 Å². The molecule has 164 valence electrons. The van der Waals surface area contributed by atoms with E-state index in [0.717, 1.165) is 71.1 Å². The van der Waals surface area contributed by atoms with Crippen LogP contribution in [0.1, 0.15) is 45.2 Å². The maximum absolute atomic E-state index is 5.67. The molecule has 2 N–H and O–H groups in total. The van der Waals surface area contributed by atoms with Crippen molar-refractivity contribution in [1.29, 1.82) is 0 Å². The first-order chi connectivity index (χ1) is 14.1. The van der Waals surface area contributed by atoms with Crippen molar-refractivity contribution in [3.8, 4) is 0 Å². The van der Waals surface area contributed by atoms with Crippen LogP contribution >= 0.6 is 11.3 Å². The molecule has 2 aliphatic heterocycles. The molecule has 0 aliphatic carbocycles. The van der Waals surface area contributed by atoms with Gasteiger partial charge in [-0.3, -0.25) is 4.99 Å². The summed E-state index contributed by atoms with van der Waals surface area (Å²) in [4.78, 5) is 14.1. The number of piperidine rings is 1. The third-order valence-corrected chi connectivity index (χ3v) is 6.55. The molecule has 0 radical (unpaired) electrons. The topological polar surface area (TPSA) is 65.0 Å². The van der Waals surface area contributed by atoms with Gasteiger partial charge in [-0.1, -0.05) is 0 Å². The second-order valence-electron chi connectivity index (χ2n) is 8.24. The maximum Gasteiger partial charge on any atom is 0.191 e. The van der Waals surface area contributed by atoms with Crippen molar-refractivity contribution in [3.05, 3.63) is 11.1 Å². The molecular weight excluding hydrogens is 384 g/mol. The Hall–Kier alpha value is -1.38. The Morgan fingerprint density at radius 2 is 2.03 bits per heavy atom. The number of nitrogens with zero attached hydrogens (tertiary/aromatic N) is 4. The average Bonchev–Trinajstić information content (AvgIpc) is 3.40. The van der Waals surface area contributed by atoms with E-state index in [9.17, 15) is 0 Å². The summed E-state index contributed by atoms with van der Waals surface area (Å²) in [5.74, 6) is 0.904. The lowest BCUT2D eigenvalue weighted by molar-refractivity contribution is 0.0532. The molecule has 2 fully saturated rings. The lowest BCUT2D eigenvalue weighted by Gasteiger charge is -2.33. The van der Waals surface area contributed by atoms with Crippen LogP contribution in [0.15, 0.2) is 10.4 Å². The van der Waals surface area contributed by atoms with Crippen molar-refractivity contribution in [3.63, 3.8) is 0 Å². The predicted octanol–water partition coefficient (Wildman–Crippen LogP) is 2.34. The van der Waals surface area contributed by atoms with Gasteiger partial charge in [0.1, 0.15) is 0 Å². The zero-order chi connectivity index (χ0) is 20.5. The van der Waals surface area contributed by atoms with E-state index in [2.05, 4.69) is 44.7 Å². The largest absolute Gasteiger partial charge is 0.377 e. The summed E-state index contributed by atoms with van der Waals surface area (Å²) in [7, 11) is 1.85. The van der Waals surface area contributed by atoms with Crippen LogP contribution in [0.4, 0.5) is 5.13 Å². The highest BCUT2D eigenvalue weighted by Crippen LogP contribution is 2.24. The van der Waals surface area contributed by atoms with Gasteiger partial charge in [-0.05, 0) is 39.5 Å². The summed E-state index contributed by atoms with van der Waals surface area (Å²) in [6.45, 7) is 11.5. The predicted molar refractivity (Wildman–Crippen MR) is 122 cm³/mol. The van der Waals surface area contributed by atoms with Crippen LogP contribution in [0.25, 0.3) is 0 Å². The van der Waals surface area contributed by atoms with E-state index in [1.807, 2.05) is 7.05 Å². The minimum Gasteiger partial charge on any atom is -0.377 e. The first-order valence-electron chi connectivity index (χ1n) is 11.1. The van der Waals surface area contributed by atoms with E-state index in [4.69, 9.17) is 9.72 Å². The monoisotopic (exact) mass is 422 g/mol. The van der Waals surface area contributed by atoms with Gasteiger partial charge in [0.25, 0.3) is 0 Å². The number of hydrogen-bond acceptors (Lipinski definition) is 6. The minimum absolute atomic E-state index is 0.319. The number of hydrogen-bond donors (Lipinski definition) is 2. The molecule has 1 aromatic heterocycles. The van der Waals surface area contributed by atoms with Crippen LogP contribution in [0.5, 0.6) is 0 Å². The molecule has 29 heavy (non-hydrogen) atoms. The van der Waals surface area contributed by atoms with Gasteiger partial charge in [0.15, 0.2) is 11.1 Å². The van der Waals surface area contributed by atoms with Crippen LogP contribution in [-0.2, 0) is 11.2 Å². The summed E-state index contributed by atoms with van der Waals surface area (Å²) < 4.78 is 5.67. The highest BCUT2D eigenvalue weighted by Gasteiger charge is 2.20. The number of guanidine groups is 1. The fourth-order valence-electron chi connectivity index (χ4n) is 3.88. The lowest BCUT2D eigenvalue weighted by atomic mass is 10.1. The molecule has 3 rings (SSSR count). The Balaban J connectivity index is 1.32. The van der Waals surface area contributed by atoms with Crippen molar-refractivity contribution in [2.24, 2.45) is 4.99 Å². The zero-order valence-electron chi connectivity index (χ0n) is 18.3. The Kier molecular flexibility index (Phi) is 9.01. The van der Waals surface area contributed by atoms with E-state index in [-0.39, 0.29) is 0 Å². The molecule has 7 nitrogen and oxygen atoms in total. The molecule has 0 bridgehead atoms. The highest BCUT2D eigenvalue weighted by atomic mass is 32.1. The highest BCUT2D eigenvalue weighted by molar-refractivity contribution is 7.13. The van der Waals surface area contributed by atoms with Crippen molar-refractivity contribution in [2.45, 2.75) is 58.1 Å². The number of ether oxygens (including phenoxy) is 1. The van der Waals surface area contributed by atoms with Crippen LogP contribution in [0.3, 0.4) is 0 Å². The molecule has 1 aromatic rings. The van der Waals surface area contributed by atoms with Crippen molar-refractivity contribution >= 4 is 22.4 Å². The molecular formula is C21H38N6OS. The summed E-state index contributed by atoms with van der Waals surface area (Å²) in [6, 6.07) is 0.490. The summed E-state index contributed by atoms with van der Waals surface area (Å²) >= 11 is 1.77. The van der Waals surface area contributed by atoms with E-state index < -0.39 is 0 Å². The smallest absolute Gasteiger partial charge is 0.191 e. The van der Waals surface area contributed by atoms with Crippen LogP contribution in [-0.4, -0.2) is 80.9 Å². The van der Waals surface area contributed by atoms with Crippen molar-refractivity contribution in [2.75, 3.05) is 57.8 Å². The Morgan fingerprint density at radius 1 is 1.28 bits per heavy atom. The van der Waals surface area contributed by atoms with Gasteiger partial charge in [0.2, 0.25) is 0 Å². The minimum atomic E-state index is 0.319. The second kappa shape index (κ2) is 11.7. The van der Waals surface area contributed by atoms with Crippen LogP contribution in [0.2, 0.25) is 0 Å². The first-order valence-corrected chi connectivity index (χ1v) is 12.0. The molecule has 8 heteroatoms. The van der Waals surface area contributed by atoms with Crippen molar-refractivity contribution < 1.29 is 4.74 Å². The molecule has 0 spiro atoms. The van der Waals surface area contributed by atoms with Gasteiger partial charge in [-0.2, -0.15) is 0 Å². The third-order valence-electron chi connectivity index (χ3n) is 5.60.